The molecule has 7 nitrogen and oxygen atoms in total. The van der Waals surface area contributed by atoms with E-state index >= 15 is 0 Å². The molecule has 0 unspecified atom stereocenters. The molecule has 1 aliphatic heterocycles. The van der Waals surface area contributed by atoms with Gasteiger partial charge in [0.2, 0.25) is 11.8 Å². The number of hydrogen-bond donors (Lipinski definition) is 2. The Labute approximate surface area is 205 Å². The molecule has 0 aliphatic carbocycles. The summed E-state index contributed by atoms with van der Waals surface area (Å²) in [4.78, 5) is 40.5. The van der Waals surface area contributed by atoms with Crippen LogP contribution >= 0.6 is 0 Å². The Kier molecular flexibility index (Phi) is 7.15. The van der Waals surface area contributed by atoms with Crippen LogP contribution in [-0.2, 0) is 9.59 Å². The van der Waals surface area contributed by atoms with E-state index in [1.165, 1.54) is 0 Å². The summed E-state index contributed by atoms with van der Waals surface area (Å²) in [6, 6.07) is 21.5. The van der Waals surface area contributed by atoms with Gasteiger partial charge in [-0.2, -0.15) is 0 Å². The second-order valence-electron chi connectivity index (χ2n) is 8.61. The maximum absolute atomic E-state index is 13.6. The van der Waals surface area contributed by atoms with Gasteiger partial charge in [-0.25, -0.2) is 0 Å². The van der Waals surface area contributed by atoms with Crippen molar-refractivity contribution in [1.82, 2.24) is 5.32 Å². The molecule has 0 saturated carbocycles. The number of piperidine rings is 1. The van der Waals surface area contributed by atoms with Crippen LogP contribution in [0.15, 0.2) is 72.8 Å². The lowest BCUT2D eigenvalue weighted by Crippen LogP contribution is -2.47. The maximum Gasteiger partial charge on any atom is 0.251 e. The molecule has 0 aromatic heterocycles. The summed E-state index contributed by atoms with van der Waals surface area (Å²) in [6.45, 7) is 1.99. The van der Waals surface area contributed by atoms with E-state index in [-0.39, 0.29) is 24.1 Å². The number of nitrogens with one attached hydrogen (secondary N) is 2. The largest absolute Gasteiger partial charge is 0.497 e. The van der Waals surface area contributed by atoms with E-state index in [1.54, 1.807) is 43.3 Å². The molecular formula is C28H29N3O4. The summed E-state index contributed by atoms with van der Waals surface area (Å²) in [7, 11) is 3.16. The zero-order valence-electron chi connectivity index (χ0n) is 20.1. The Morgan fingerprint density at radius 1 is 1.00 bits per heavy atom. The highest BCUT2D eigenvalue weighted by Gasteiger charge is 2.41. The van der Waals surface area contributed by atoms with E-state index in [9.17, 15) is 14.4 Å². The third-order valence-electron chi connectivity index (χ3n) is 6.32. The second-order valence-corrected chi connectivity index (χ2v) is 8.61. The molecule has 1 heterocycles. The van der Waals surface area contributed by atoms with Gasteiger partial charge in [-0.1, -0.05) is 35.9 Å². The Morgan fingerprint density at radius 3 is 2.37 bits per heavy atom. The SMILES string of the molecule is CNC(=O)c1cccc(NC(=O)[C@H]2CCC(=O)N(c3ccc(C)cc3)[C@H]2c2ccc(OC)cc2)c1. The number of hydrogen-bond acceptors (Lipinski definition) is 4. The van der Waals surface area contributed by atoms with Crippen LogP contribution < -0.4 is 20.3 Å². The van der Waals surface area contributed by atoms with Gasteiger partial charge >= 0.3 is 0 Å². The van der Waals surface area contributed by atoms with Crippen LogP contribution in [0.4, 0.5) is 11.4 Å². The minimum absolute atomic E-state index is 0.0275. The Balaban J connectivity index is 1.70. The molecule has 1 aliphatic rings. The van der Waals surface area contributed by atoms with Crippen molar-refractivity contribution in [2.24, 2.45) is 5.92 Å². The zero-order chi connectivity index (χ0) is 24.9. The van der Waals surface area contributed by atoms with Crippen molar-refractivity contribution in [2.75, 3.05) is 24.4 Å². The molecule has 0 spiro atoms. The third-order valence-corrected chi connectivity index (χ3v) is 6.32. The van der Waals surface area contributed by atoms with Gasteiger partial charge in [0.1, 0.15) is 5.75 Å². The first-order chi connectivity index (χ1) is 16.9. The number of carbonyl (C=O) groups is 3. The summed E-state index contributed by atoms with van der Waals surface area (Å²) < 4.78 is 5.30. The monoisotopic (exact) mass is 471 g/mol. The Bertz CT molecular complexity index is 1220. The maximum atomic E-state index is 13.6. The van der Waals surface area contributed by atoms with E-state index < -0.39 is 12.0 Å². The highest BCUT2D eigenvalue weighted by atomic mass is 16.5. The number of benzene rings is 3. The summed E-state index contributed by atoms with van der Waals surface area (Å²) in [5.41, 5.74) is 3.67. The molecule has 180 valence electrons. The molecule has 2 N–H and O–H groups in total. The number of amides is 3. The smallest absolute Gasteiger partial charge is 0.251 e. The molecule has 7 heteroatoms. The van der Waals surface area contributed by atoms with Crippen LogP contribution in [0.2, 0.25) is 0 Å². The average molecular weight is 472 g/mol. The fraction of sp³-hybridized carbons (Fsp3) is 0.250. The summed E-state index contributed by atoms with van der Waals surface area (Å²) in [6.07, 6.45) is 0.676. The van der Waals surface area contributed by atoms with Gasteiger partial charge in [-0.3, -0.25) is 14.4 Å². The van der Waals surface area contributed by atoms with Gasteiger partial charge < -0.3 is 20.3 Å². The molecule has 1 fully saturated rings. The lowest BCUT2D eigenvalue weighted by molar-refractivity contribution is -0.125. The molecule has 2 atom stereocenters. The lowest BCUT2D eigenvalue weighted by Gasteiger charge is -2.41. The molecular weight excluding hydrogens is 442 g/mol. The minimum Gasteiger partial charge on any atom is -0.497 e. The fourth-order valence-corrected chi connectivity index (χ4v) is 4.48. The molecule has 1 saturated heterocycles. The lowest BCUT2D eigenvalue weighted by atomic mass is 9.83. The molecule has 0 radical (unpaired) electrons. The highest BCUT2D eigenvalue weighted by molar-refractivity contribution is 6.01. The second kappa shape index (κ2) is 10.4. The van der Waals surface area contributed by atoms with E-state index in [0.29, 0.717) is 23.4 Å². The average Bonchev–Trinajstić information content (AvgIpc) is 2.88. The van der Waals surface area contributed by atoms with Gasteiger partial charge in [-0.15, -0.1) is 0 Å². The number of aryl methyl sites for hydroxylation is 1. The van der Waals surface area contributed by atoms with Crippen LogP contribution in [0.25, 0.3) is 0 Å². The standard InChI is InChI=1S/C28H29N3O4/c1-18-7-11-22(12-8-18)31-25(32)16-15-24(26(31)19-9-13-23(35-3)14-10-19)28(34)30-21-6-4-5-20(17-21)27(33)29-2/h4-14,17,24,26H,15-16H2,1-3H3,(H,29,33)(H,30,34)/t24-,26-/m0/s1. The number of carbonyl (C=O) groups excluding carboxylic acids is 3. The summed E-state index contributed by atoms with van der Waals surface area (Å²) in [5, 5.41) is 5.56. The van der Waals surface area contributed by atoms with Crippen molar-refractivity contribution in [3.63, 3.8) is 0 Å². The first kappa shape index (κ1) is 24.0. The van der Waals surface area contributed by atoms with Crippen LogP contribution in [-0.4, -0.2) is 31.9 Å². The van der Waals surface area contributed by atoms with E-state index in [1.807, 2.05) is 55.5 Å². The van der Waals surface area contributed by atoms with Gasteiger partial charge in [0.15, 0.2) is 0 Å². The number of ether oxygens (including phenoxy) is 1. The summed E-state index contributed by atoms with van der Waals surface area (Å²) >= 11 is 0. The van der Waals surface area contributed by atoms with Crippen molar-refractivity contribution >= 4 is 29.1 Å². The van der Waals surface area contributed by atoms with Crippen LogP contribution in [0, 0.1) is 12.8 Å². The quantitative estimate of drug-likeness (QED) is 0.555. The molecule has 3 amide bonds. The van der Waals surface area contributed by atoms with Crippen LogP contribution in [0.3, 0.4) is 0 Å². The predicted molar refractivity (Wildman–Crippen MR) is 136 cm³/mol. The molecule has 3 aromatic rings. The van der Waals surface area contributed by atoms with Gasteiger partial charge in [0.05, 0.1) is 19.1 Å². The molecule has 35 heavy (non-hydrogen) atoms. The van der Waals surface area contributed by atoms with Gasteiger partial charge in [-0.05, 0) is 61.4 Å². The molecule has 3 aromatic carbocycles. The fourth-order valence-electron chi connectivity index (χ4n) is 4.48. The number of nitrogens with zero attached hydrogens (tertiary/aromatic N) is 1. The zero-order valence-corrected chi connectivity index (χ0v) is 20.1. The topological polar surface area (TPSA) is 87.7 Å². The van der Waals surface area contributed by atoms with E-state index in [0.717, 1.165) is 16.8 Å². The van der Waals surface area contributed by atoms with E-state index in [2.05, 4.69) is 10.6 Å². The Morgan fingerprint density at radius 2 is 1.71 bits per heavy atom. The van der Waals surface area contributed by atoms with Crippen molar-refractivity contribution in [3.05, 3.63) is 89.5 Å². The first-order valence-corrected chi connectivity index (χ1v) is 11.6. The number of methoxy groups -OCH3 is 1. The first-order valence-electron chi connectivity index (χ1n) is 11.6. The minimum atomic E-state index is -0.494. The molecule has 0 bridgehead atoms. The van der Waals surface area contributed by atoms with Gasteiger partial charge in [0, 0.05) is 30.4 Å². The number of anilines is 2. The summed E-state index contributed by atoms with van der Waals surface area (Å²) in [5.74, 6) is -0.258. The van der Waals surface area contributed by atoms with Crippen molar-refractivity contribution < 1.29 is 19.1 Å². The van der Waals surface area contributed by atoms with Crippen LogP contribution in [0.5, 0.6) is 5.75 Å². The highest BCUT2D eigenvalue weighted by Crippen LogP contribution is 2.41. The van der Waals surface area contributed by atoms with Crippen molar-refractivity contribution in [3.8, 4) is 5.75 Å². The van der Waals surface area contributed by atoms with Gasteiger partial charge in [0.25, 0.3) is 5.91 Å². The van der Waals surface area contributed by atoms with E-state index in [4.69, 9.17) is 4.74 Å². The van der Waals surface area contributed by atoms with Crippen molar-refractivity contribution in [2.45, 2.75) is 25.8 Å². The number of rotatable bonds is 6. The Hall–Kier alpha value is -4.13. The van der Waals surface area contributed by atoms with Crippen LogP contribution in [0.1, 0.15) is 40.4 Å². The van der Waals surface area contributed by atoms with Crippen molar-refractivity contribution in [1.29, 1.82) is 0 Å². The third kappa shape index (κ3) is 5.19. The normalized spacial score (nSPS) is 17.6. The molecule has 4 rings (SSSR count). The predicted octanol–water partition coefficient (Wildman–Crippen LogP) is 4.49.